The lowest BCUT2D eigenvalue weighted by molar-refractivity contribution is -0.130. The van der Waals surface area contributed by atoms with Crippen LogP contribution in [0.2, 0.25) is 0 Å². The van der Waals surface area contributed by atoms with Gasteiger partial charge in [-0.2, -0.15) is 0 Å². The van der Waals surface area contributed by atoms with E-state index in [1.165, 1.54) is 44.9 Å². The van der Waals surface area contributed by atoms with Crippen LogP contribution in [0.3, 0.4) is 0 Å². The van der Waals surface area contributed by atoms with Crippen LogP contribution in [0.4, 0.5) is 0 Å². The molecule has 3 aliphatic heterocycles. The third kappa shape index (κ3) is 5.73. The summed E-state index contributed by atoms with van der Waals surface area (Å²) in [6.07, 6.45) is 13.8. The highest BCUT2D eigenvalue weighted by atomic mass is 16.5. The Labute approximate surface area is 199 Å². The molecule has 33 heavy (non-hydrogen) atoms. The molecule has 5 aliphatic rings. The first kappa shape index (κ1) is 23.9. The third-order valence-corrected chi connectivity index (χ3v) is 9.16. The van der Waals surface area contributed by atoms with Crippen LogP contribution < -0.4 is 26.8 Å². The number of amides is 1. The number of carbonyl (C=O) groups excluding carboxylic acids is 1. The SMILES string of the molecule is CN1C(CNC2CCCC(C(=O)N[C@H]3CCOC4CCCCC43)C2)NNC1C1CCNCC1. The topological polar surface area (TPSA) is 89.7 Å². The number of carbonyl (C=O) groups is 1. The maximum atomic E-state index is 13.2. The van der Waals surface area contributed by atoms with Gasteiger partial charge in [0.1, 0.15) is 0 Å². The molecule has 2 aliphatic carbocycles. The van der Waals surface area contributed by atoms with Gasteiger partial charge in [0.15, 0.2) is 0 Å². The Hall–Kier alpha value is -0.770. The van der Waals surface area contributed by atoms with Gasteiger partial charge < -0.3 is 20.7 Å². The largest absolute Gasteiger partial charge is 0.378 e. The highest BCUT2D eigenvalue weighted by molar-refractivity contribution is 5.79. The number of rotatable bonds is 6. The molecule has 8 heteroatoms. The van der Waals surface area contributed by atoms with E-state index in [1.807, 2.05) is 0 Å². The monoisotopic (exact) mass is 462 g/mol. The van der Waals surface area contributed by atoms with Gasteiger partial charge in [-0.15, -0.1) is 0 Å². The molecule has 3 heterocycles. The third-order valence-electron chi connectivity index (χ3n) is 9.16. The molecule has 0 spiro atoms. The molecular weight excluding hydrogens is 416 g/mol. The first-order chi connectivity index (χ1) is 16.2. The number of nitrogens with one attached hydrogen (secondary N) is 5. The number of piperidine rings is 1. The molecule has 188 valence electrons. The average Bonchev–Trinajstić information content (AvgIpc) is 3.24. The van der Waals surface area contributed by atoms with E-state index < -0.39 is 0 Å². The van der Waals surface area contributed by atoms with Crippen molar-refractivity contribution in [1.82, 2.24) is 31.7 Å². The quantitative estimate of drug-likeness (QED) is 0.406. The van der Waals surface area contributed by atoms with Crippen LogP contribution in [-0.4, -0.2) is 74.6 Å². The van der Waals surface area contributed by atoms with Gasteiger partial charge in [0, 0.05) is 37.1 Å². The minimum absolute atomic E-state index is 0.149. The molecule has 5 fully saturated rings. The predicted molar refractivity (Wildman–Crippen MR) is 129 cm³/mol. The molecule has 0 aromatic carbocycles. The maximum Gasteiger partial charge on any atom is 0.223 e. The van der Waals surface area contributed by atoms with E-state index in [0.717, 1.165) is 51.9 Å². The Morgan fingerprint density at radius 2 is 1.85 bits per heavy atom. The van der Waals surface area contributed by atoms with Gasteiger partial charge in [-0.05, 0) is 77.4 Å². The summed E-state index contributed by atoms with van der Waals surface area (Å²) in [5.41, 5.74) is 7.05. The van der Waals surface area contributed by atoms with Crippen LogP contribution in [0.1, 0.15) is 70.6 Å². The summed E-state index contributed by atoms with van der Waals surface area (Å²) in [5, 5.41) is 10.7. The van der Waals surface area contributed by atoms with E-state index in [0.29, 0.717) is 48.3 Å². The zero-order valence-electron chi connectivity index (χ0n) is 20.5. The number of ether oxygens (including phenoxy) is 1. The van der Waals surface area contributed by atoms with Crippen molar-refractivity contribution in [3.63, 3.8) is 0 Å². The first-order valence-corrected chi connectivity index (χ1v) is 13.8. The summed E-state index contributed by atoms with van der Waals surface area (Å²) >= 11 is 0. The number of hydrazine groups is 1. The van der Waals surface area contributed by atoms with Crippen molar-refractivity contribution in [3.05, 3.63) is 0 Å². The standard InChI is InChI=1S/C25H46N6O2/c1-31-23(29-30-24(31)17-9-12-26-13-10-17)16-27-19-6-4-5-18(15-19)25(32)28-21-11-14-33-22-8-3-2-7-20(21)22/h17-24,26-27,29-30H,2-16H2,1H3,(H,28,32)/t18?,19?,20?,21-,22?,23?,24?/m0/s1. The lowest BCUT2D eigenvalue weighted by Gasteiger charge is -2.42. The fourth-order valence-electron chi connectivity index (χ4n) is 7.11. The van der Waals surface area contributed by atoms with Crippen molar-refractivity contribution >= 4 is 5.91 Å². The number of hydrogen-bond acceptors (Lipinski definition) is 7. The fourth-order valence-corrected chi connectivity index (χ4v) is 7.11. The van der Waals surface area contributed by atoms with Crippen LogP contribution in [0.25, 0.3) is 0 Å². The van der Waals surface area contributed by atoms with Gasteiger partial charge in [0.25, 0.3) is 0 Å². The Kier molecular flexibility index (Phi) is 8.21. The van der Waals surface area contributed by atoms with Gasteiger partial charge in [-0.3, -0.25) is 9.69 Å². The summed E-state index contributed by atoms with van der Waals surface area (Å²) in [6, 6.07) is 0.749. The molecule has 0 aromatic rings. The highest BCUT2D eigenvalue weighted by Gasteiger charge is 2.39. The molecule has 5 rings (SSSR count). The van der Waals surface area contributed by atoms with E-state index in [9.17, 15) is 4.79 Å². The van der Waals surface area contributed by atoms with E-state index in [4.69, 9.17) is 4.74 Å². The van der Waals surface area contributed by atoms with Crippen LogP contribution in [0.15, 0.2) is 0 Å². The van der Waals surface area contributed by atoms with Gasteiger partial charge in [0.05, 0.1) is 18.4 Å². The molecule has 8 nitrogen and oxygen atoms in total. The molecule has 0 bridgehead atoms. The van der Waals surface area contributed by atoms with Crippen LogP contribution in [0.5, 0.6) is 0 Å². The molecule has 1 amide bonds. The Morgan fingerprint density at radius 1 is 1.00 bits per heavy atom. The Balaban J connectivity index is 1.07. The van der Waals surface area contributed by atoms with Crippen molar-refractivity contribution in [2.75, 3.05) is 33.3 Å². The minimum Gasteiger partial charge on any atom is -0.378 e. The van der Waals surface area contributed by atoms with Gasteiger partial charge in [0.2, 0.25) is 5.91 Å². The number of hydrogen-bond donors (Lipinski definition) is 5. The molecule has 0 aromatic heterocycles. The summed E-state index contributed by atoms with van der Waals surface area (Å²) < 4.78 is 6.01. The zero-order chi connectivity index (χ0) is 22.6. The Morgan fingerprint density at radius 3 is 2.73 bits per heavy atom. The van der Waals surface area contributed by atoms with Crippen molar-refractivity contribution < 1.29 is 9.53 Å². The summed E-state index contributed by atoms with van der Waals surface area (Å²) in [4.78, 5) is 15.7. The molecular formula is C25H46N6O2. The number of fused-ring (bicyclic) bond motifs is 1. The molecule has 0 radical (unpaired) electrons. The molecule has 5 N–H and O–H groups in total. The van der Waals surface area contributed by atoms with Crippen LogP contribution >= 0.6 is 0 Å². The Bertz CT molecular complexity index is 642. The normalized spacial score (nSPS) is 40.9. The van der Waals surface area contributed by atoms with E-state index >= 15 is 0 Å². The van der Waals surface area contributed by atoms with Gasteiger partial charge >= 0.3 is 0 Å². The molecule has 6 unspecified atom stereocenters. The fraction of sp³-hybridized carbons (Fsp3) is 0.960. The van der Waals surface area contributed by atoms with E-state index in [2.05, 4.69) is 38.7 Å². The molecule has 7 atom stereocenters. The first-order valence-electron chi connectivity index (χ1n) is 13.8. The lowest BCUT2D eigenvalue weighted by atomic mass is 9.78. The number of nitrogens with zero attached hydrogens (tertiary/aromatic N) is 1. The second kappa shape index (κ2) is 11.3. The second-order valence-electron chi connectivity index (χ2n) is 11.2. The smallest absolute Gasteiger partial charge is 0.223 e. The van der Waals surface area contributed by atoms with E-state index in [-0.39, 0.29) is 5.92 Å². The molecule has 2 saturated carbocycles. The molecule has 3 saturated heterocycles. The predicted octanol–water partition coefficient (Wildman–Crippen LogP) is 1.29. The van der Waals surface area contributed by atoms with Crippen molar-refractivity contribution in [1.29, 1.82) is 0 Å². The average molecular weight is 463 g/mol. The van der Waals surface area contributed by atoms with Crippen LogP contribution in [0, 0.1) is 17.8 Å². The second-order valence-corrected chi connectivity index (χ2v) is 11.2. The lowest BCUT2D eigenvalue weighted by Crippen LogP contribution is -2.53. The van der Waals surface area contributed by atoms with Crippen molar-refractivity contribution in [2.24, 2.45) is 17.8 Å². The zero-order valence-corrected chi connectivity index (χ0v) is 20.5. The summed E-state index contributed by atoms with van der Waals surface area (Å²) in [5.74, 6) is 1.67. The van der Waals surface area contributed by atoms with E-state index in [1.54, 1.807) is 0 Å². The summed E-state index contributed by atoms with van der Waals surface area (Å²) in [7, 11) is 2.23. The summed E-state index contributed by atoms with van der Waals surface area (Å²) in [6.45, 7) is 3.96. The van der Waals surface area contributed by atoms with Crippen molar-refractivity contribution in [2.45, 2.75) is 101 Å². The van der Waals surface area contributed by atoms with Crippen molar-refractivity contribution in [3.8, 4) is 0 Å². The van der Waals surface area contributed by atoms with Gasteiger partial charge in [-0.25, -0.2) is 10.9 Å². The van der Waals surface area contributed by atoms with Crippen LogP contribution in [-0.2, 0) is 9.53 Å². The minimum atomic E-state index is 0.149. The van der Waals surface area contributed by atoms with Gasteiger partial charge in [-0.1, -0.05) is 19.3 Å². The maximum absolute atomic E-state index is 13.2. The highest BCUT2D eigenvalue weighted by Crippen LogP contribution is 2.34. The number of likely N-dealkylation sites (N-methyl/N-ethyl adjacent to an activating group) is 1.